The summed E-state index contributed by atoms with van der Waals surface area (Å²) in [4.78, 5) is 25.1. The zero-order valence-electron chi connectivity index (χ0n) is 11.5. The first-order chi connectivity index (χ1) is 10.0. The maximum Gasteiger partial charge on any atom is 0.303 e. The Balaban J connectivity index is 2.18. The number of nitrogens with zero attached hydrogens (tertiary/aromatic N) is 1. The molecule has 1 N–H and O–H groups in total. The molecule has 21 heavy (non-hydrogen) atoms. The zero-order chi connectivity index (χ0) is 15.4. The number of likely N-dealkylation sites (tertiary alicyclic amines) is 1. The Labute approximate surface area is 133 Å². The van der Waals surface area contributed by atoms with Crippen LogP contribution in [0.4, 0.5) is 0 Å². The predicted octanol–water partition coefficient (Wildman–Crippen LogP) is 3.85. The Morgan fingerprint density at radius 2 is 2.05 bits per heavy atom. The number of aliphatic carboxylic acids is 1. The van der Waals surface area contributed by atoms with Gasteiger partial charge in [-0.15, -0.1) is 0 Å². The van der Waals surface area contributed by atoms with Gasteiger partial charge in [0, 0.05) is 19.0 Å². The van der Waals surface area contributed by atoms with E-state index >= 15 is 0 Å². The van der Waals surface area contributed by atoms with Gasteiger partial charge in [-0.05, 0) is 37.8 Å². The highest BCUT2D eigenvalue weighted by Gasteiger charge is 2.29. The molecule has 0 aromatic heterocycles. The van der Waals surface area contributed by atoms with Crippen LogP contribution in [0.5, 0.6) is 0 Å². The number of rotatable bonds is 4. The number of carboxylic acid groups (broad SMARTS) is 1. The molecule has 1 fully saturated rings. The van der Waals surface area contributed by atoms with Gasteiger partial charge >= 0.3 is 5.97 Å². The molecule has 4 nitrogen and oxygen atoms in total. The van der Waals surface area contributed by atoms with Gasteiger partial charge in [-0.25, -0.2) is 0 Å². The first-order valence-corrected chi connectivity index (χ1v) is 7.73. The van der Waals surface area contributed by atoms with E-state index in [0.29, 0.717) is 23.6 Å². The van der Waals surface area contributed by atoms with E-state index in [1.165, 1.54) is 0 Å². The van der Waals surface area contributed by atoms with Crippen molar-refractivity contribution < 1.29 is 14.7 Å². The lowest BCUT2D eigenvalue weighted by Crippen LogP contribution is -2.44. The van der Waals surface area contributed by atoms with Gasteiger partial charge in [0.15, 0.2) is 0 Å². The van der Waals surface area contributed by atoms with Crippen LogP contribution < -0.4 is 0 Å². The van der Waals surface area contributed by atoms with Crippen molar-refractivity contribution in [3.63, 3.8) is 0 Å². The molecule has 0 radical (unpaired) electrons. The van der Waals surface area contributed by atoms with Crippen molar-refractivity contribution in [1.29, 1.82) is 0 Å². The molecule has 0 spiro atoms. The van der Waals surface area contributed by atoms with Gasteiger partial charge in [-0.2, -0.15) is 0 Å². The second-order valence-electron chi connectivity index (χ2n) is 5.18. The molecule has 1 aromatic rings. The van der Waals surface area contributed by atoms with E-state index in [1.54, 1.807) is 23.1 Å². The van der Waals surface area contributed by atoms with Crippen molar-refractivity contribution in [2.45, 2.75) is 38.1 Å². The van der Waals surface area contributed by atoms with Crippen molar-refractivity contribution in [3.8, 4) is 0 Å². The Bertz CT molecular complexity index is 548. The molecule has 1 aliphatic heterocycles. The van der Waals surface area contributed by atoms with Gasteiger partial charge in [0.25, 0.3) is 5.91 Å². The highest BCUT2D eigenvalue weighted by atomic mass is 35.5. The van der Waals surface area contributed by atoms with E-state index < -0.39 is 5.97 Å². The normalized spacial score (nSPS) is 18.6. The molecule has 1 heterocycles. The summed E-state index contributed by atoms with van der Waals surface area (Å²) in [5.74, 6) is -1.01. The first-order valence-electron chi connectivity index (χ1n) is 6.97. The first kappa shape index (κ1) is 16.1. The van der Waals surface area contributed by atoms with Gasteiger partial charge in [0.1, 0.15) is 0 Å². The lowest BCUT2D eigenvalue weighted by atomic mass is 9.97. The number of carbonyl (C=O) groups excluding carboxylic acids is 1. The summed E-state index contributed by atoms with van der Waals surface area (Å²) in [6, 6.07) is 4.94. The van der Waals surface area contributed by atoms with Crippen molar-refractivity contribution in [1.82, 2.24) is 4.90 Å². The number of carbonyl (C=O) groups is 2. The Morgan fingerprint density at radius 1 is 1.29 bits per heavy atom. The molecule has 1 unspecified atom stereocenters. The summed E-state index contributed by atoms with van der Waals surface area (Å²) in [6.07, 6.45) is 3.30. The summed E-state index contributed by atoms with van der Waals surface area (Å²) < 4.78 is 0. The maximum absolute atomic E-state index is 12.7. The van der Waals surface area contributed by atoms with Crippen molar-refractivity contribution in [3.05, 3.63) is 33.8 Å². The van der Waals surface area contributed by atoms with E-state index in [9.17, 15) is 9.59 Å². The Hall–Kier alpha value is -1.26. The number of halogens is 2. The third kappa shape index (κ3) is 3.89. The zero-order valence-corrected chi connectivity index (χ0v) is 13.0. The van der Waals surface area contributed by atoms with Gasteiger partial charge < -0.3 is 10.0 Å². The SMILES string of the molecule is O=C(O)CCC1CCCCN1C(=O)c1cccc(Cl)c1Cl. The van der Waals surface area contributed by atoms with Gasteiger partial charge in [0.05, 0.1) is 15.6 Å². The number of hydrogen-bond acceptors (Lipinski definition) is 2. The lowest BCUT2D eigenvalue weighted by molar-refractivity contribution is -0.137. The minimum atomic E-state index is -0.839. The fraction of sp³-hybridized carbons (Fsp3) is 0.467. The lowest BCUT2D eigenvalue weighted by Gasteiger charge is -2.36. The summed E-state index contributed by atoms with van der Waals surface area (Å²) in [5.41, 5.74) is 0.381. The quantitative estimate of drug-likeness (QED) is 0.912. The number of benzene rings is 1. The van der Waals surface area contributed by atoms with Crippen LogP contribution in [0.15, 0.2) is 18.2 Å². The van der Waals surface area contributed by atoms with E-state index in [0.717, 1.165) is 19.3 Å². The van der Waals surface area contributed by atoms with Gasteiger partial charge in [-0.1, -0.05) is 29.3 Å². The molecule has 1 saturated heterocycles. The number of carboxylic acids is 1. The van der Waals surface area contributed by atoms with Crippen LogP contribution in [-0.4, -0.2) is 34.5 Å². The van der Waals surface area contributed by atoms with Crippen molar-refractivity contribution in [2.75, 3.05) is 6.54 Å². The monoisotopic (exact) mass is 329 g/mol. The second-order valence-corrected chi connectivity index (χ2v) is 5.97. The fourth-order valence-corrected chi connectivity index (χ4v) is 3.06. The molecule has 2 rings (SSSR count). The largest absolute Gasteiger partial charge is 0.481 e. The molecule has 1 amide bonds. The van der Waals surface area contributed by atoms with Gasteiger partial charge in [0.2, 0.25) is 0 Å². The van der Waals surface area contributed by atoms with E-state index in [2.05, 4.69) is 0 Å². The number of hydrogen-bond donors (Lipinski definition) is 1. The fourth-order valence-electron chi connectivity index (χ4n) is 2.68. The van der Waals surface area contributed by atoms with Crippen LogP contribution >= 0.6 is 23.2 Å². The molecule has 0 bridgehead atoms. The number of piperidine rings is 1. The van der Waals surface area contributed by atoms with Crippen LogP contribution in [0.3, 0.4) is 0 Å². The molecule has 6 heteroatoms. The predicted molar refractivity (Wildman–Crippen MR) is 82.0 cm³/mol. The average molecular weight is 330 g/mol. The van der Waals surface area contributed by atoms with Crippen LogP contribution in [0, 0.1) is 0 Å². The van der Waals surface area contributed by atoms with Crippen LogP contribution in [0.25, 0.3) is 0 Å². The highest BCUT2D eigenvalue weighted by molar-refractivity contribution is 6.43. The standard InChI is InChI=1S/C15H17Cl2NO3/c16-12-6-3-5-11(14(12)17)15(21)18-9-2-1-4-10(18)7-8-13(19)20/h3,5-6,10H,1-2,4,7-9H2,(H,19,20). The maximum atomic E-state index is 12.7. The Morgan fingerprint density at radius 3 is 2.76 bits per heavy atom. The summed E-state index contributed by atoms with van der Waals surface area (Å²) in [6.45, 7) is 0.631. The molecule has 0 saturated carbocycles. The summed E-state index contributed by atoms with van der Waals surface area (Å²) >= 11 is 12.1. The molecular weight excluding hydrogens is 313 g/mol. The summed E-state index contributed by atoms with van der Waals surface area (Å²) in [5, 5.41) is 9.43. The highest BCUT2D eigenvalue weighted by Crippen LogP contribution is 2.29. The average Bonchev–Trinajstić information content (AvgIpc) is 2.47. The molecular formula is C15H17Cl2NO3. The third-order valence-corrected chi connectivity index (χ3v) is 4.58. The van der Waals surface area contributed by atoms with Crippen LogP contribution in [-0.2, 0) is 4.79 Å². The van der Waals surface area contributed by atoms with Crippen LogP contribution in [0.2, 0.25) is 10.0 Å². The van der Waals surface area contributed by atoms with E-state index in [4.69, 9.17) is 28.3 Å². The van der Waals surface area contributed by atoms with Crippen molar-refractivity contribution >= 4 is 35.1 Å². The molecule has 1 aliphatic rings. The molecule has 114 valence electrons. The molecule has 1 aromatic carbocycles. The van der Waals surface area contributed by atoms with E-state index in [1.807, 2.05) is 0 Å². The molecule has 1 atom stereocenters. The van der Waals surface area contributed by atoms with E-state index in [-0.39, 0.29) is 23.4 Å². The Kier molecular flexibility index (Phi) is 5.48. The van der Waals surface area contributed by atoms with Crippen LogP contribution in [0.1, 0.15) is 42.5 Å². The summed E-state index contributed by atoms with van der Waals surface area (Å²) in [7, 11) is 0. The number of amides is 1. The topological polar surface area (TPSA) is 57.6 Å². The van der Waals surface area contributed by atoms with Gasteiger partial charge in [-0.3, -0.25) is 9.59 Å². The minimum absolute atomic E-state index is 0.0441. The second kappa shape index (κ2) is 7.14. The molecule has 0 aliphatic carbocycles. The third-order valence-electron chi connectivity index (χ3n) is 3.76. The minimum Gasteiger partial charge on any atom is -0.481 e. The smallest absolute Gasteiger partial charge is 0.303 e. The van der Waals surface area contributed by atoms with Crippen molar-refractivity contribution in [2.24, 2.45) is 0 Å².